The fraction of sp³-hybridized carbons (Fsp3) is 1.00. The molecule has 0 N–H and O–H groups in total. The smallest absolute Gasteiger partial charge is 0.0141 e. The summed E-state index contributed by atoms with van der Waals surface area (Å²) in [6.45, 7) is 7.29. The Morgan fingerprint density at radius 2 is 1.73 bits per heavy atom. The maximum atomic E-state index is 10.6. The zero-order valence-corrected chi connectivity index (χ0v) is 8.18. The van der Waals surface area contributed by atoms with E-state index in [9.17, 15) is 5.21 Å². The van der Waals surface area contributed by atoms with Gasteiger partial charge in [-0.15, -0.1) is 0 Å². The zero-order valence-electron chi connectivity index (χ0n) is 8.18. The third-order valence-corrected chi connectivity index (χ3v) is 2.74. The fourth-order valence-corrected chi connectivity index (χ4v) is 1.03. The Morgan fingerprint density at radius 1 is 1.27 bits per heavy atom. The Morgan fingerprint density at radius 3 is 2.00 bits per heavy atom. The Bertz CT molecular complexity index is 97.7. The van der Waals surface area contributed by atoms with Crippen LogP contribution in [-0.2, 0) is 0 Å². The van der Waals surface area contributed by atoms with Crippen LogP contribution in [0.15, 0.2) is 0 Å². The second-order valence-electron chi connectivity index (χ2n) is 3.62. The standard InChI is InChI=1S/C9H20NO/c1-5-9(3,6-2)7-8-10(4)11/h5-8H2,1-4H3/q-1. The van der Waals surface area contributed by atoms with E-state index in [2.05, 4.69) is 20.8 Å². The first-order chi connectivity index (χ1) is 5.04. The highest BCUT2D eigenvalue weighted by molar-refractivity contribution is 4.72. The van der Waals surface area contributed by atoms with Crippen LogP contribution >= 0.6 is 0 Å². The third kappa shape index (κ3) is 4.38. The lowest BCUT2D eigenvalue weighted by molar-refractivity contribution is 0.242. The van der Waals surface area contributed by atoms with Gasteiger partial charge in [0, 0.05) is 0 Å². The van der Waals surface area contributed by atoms with Crippen LogP contribution in [0.5, 0.6) is 0 Å². The molecule has 0 aromatic heterocycles. The molecule has 0 heterocycles. The van der Waals surface area contributed by atoms with Gasteiger partial charge in [0.1, 0.15) is 0 Å². The molecule has 2 heteroatoms. The summed E-state index contributed by atoms with van der Waals surface area (Å²) in [4.78, 5) is 0. The summed E-state index contributed by atoms with van der Waals surface area (Å²) in [6, 6.07) is 0. The molecule has 0 fully saturated rings. The van der Waals surface area contributed by atoms with Gasteiger partial charge >= 0.3 is 0 Å². The van der Waals surface area contributed by atoms with E-state index in [1.54, 1.807) is 7.05 Å². The molecule has 0 aromatic rings. The molecule has 0 atom stereocenters. The maximum absolute atomic E-state index is 10.6. The Balaban J connectivity index is 3.69. The van der Waals surface area contributed by atoms with Crippen LogP contribution in [0.25, 0.3) is 0 Å². The minimum absolute atomic E-state index is 0.374. The number of nitrogens with zero attached hydrogens (tertiary/aromatic N) is 1. The lowest BCUT2D eigenvalue weighted by Gasteiger charge is -2.31. The van der Waals surface area contributed by atoms with Gasteiger partial charge in [0.15, 0.2) is 0 Å². The second-order valence-corrected chi connectivity index (χ2v) is 3.62. The molecule has 0 radical (unpaired) electrons. The van der Waals surface area contributed by atoms with Crippen molar-refractivity contribution in [1.29, 1.82) is 0 Å². The molecule has 0 saturated carbocycles. The summed E-state index contributed by atoms with van der Waals surface area (Å²) >= 11 is 0. The van der Waals surface area contributed by atoms with E-state index < -0.39 is 0 Å². The summed E-state index contributed by atoms with van der Waals surface area (Å²) in [6.07, 6.45) is 3.34. The van der Waals surface area contributed by atoms with E-state index in [-0.39, 0.29) is 0 Å². The highest BCUT2D eigenvalue weighted by Crippen LogP contribution is 2.29. The van der Waals surface area contributed by atoms with E-state index in [4.69, 9.17) is 0 Å². The lowest BCUT2D eigenvalue weighted by Crippen LogP contribution is -2.21. The molecule has 0 amide bonds. The zero-order chi connectivity index (χ0) is 8.91. The van der Waals surface area contributed by atoms with Gasteiger partial charge in [-0.25, -0.2) is 0 Å². The first-order valence-electron chi connectivity index (χ1n) is 4.42. The van der Waals surface area contributed by atoms with Crippen molar-refractivity contribution < 1.29 is 0 Å². The molecule has 68 valence electrons. The van der Waals surface area contributed by atoms with E-state index >= 15 is 0 Å². The number of rotatable bonds is 5. The Kier molecular flexibility index (Phi) is 4.69. The summed E-state index contributed by atoms with van der Waals surface area (Å²) < 4.78 is 0. The first-order valence-corrected chi connectivity index (χ1v) is 4.42. The quantitative estimate of drug-likeness (QED) is 0.575. The lowest BCUT2D eigenvalue weighted by atomic mass is 9.81. The Labute approximate surface area is 70.2 Å². The number of hydrogen-bond acceptors (Lipinski definition) is 2. The van der Waals surface area contributed by atoms with Crippen molar-refractivity contribution in [2.24, 2.45) is 5.41 Å². The van der Waals surface area contributed by atoms with Gasteiger partial charge in [-0.05, 0) is 25.4 Å². The molecule has 0 spiro atoms. The van der Waals surface area contributed by atoms with Crippen LogP contribution in [-0.4, -0.2) is 18.7 Å². The van der Waals surface area contributed by atoms with Gasteiger partial charge in [0.25, 0.3) is 0 Å². The monoisotopic (exact) mass is 158 g/mol. The Hall–Kier alpha value is -0.0800. The summed E-state index contributed by atoms with van der Waals surface area (Å²) in [5, 5.41) is 11.7. The largest absolute Gasteiger partial charge is 0.785 e. The van der Waals surface area contributed by atoms with Gasteiger partial charge in [-0.1, -0.05) is 33.6 Å². The highest BCUT2D eigenvalue weighted by Gasteiger charge is 2.18. The molecule has 0 aliphatic heterocycles. The predicted molar refractivity (Wildman–Crippen MR) is 49.3 cm³/mol. The van der Waals surface area contributed by atoms with E-state index in [1.807, 2.05) is 0 Å². The van der Waals surface area contributed by atoms with Gasteiger partial charge in [-0.2, -0.15) is 0 Å². The van der Waals surface area contributed by atoms with Crippen molar-refractivity contribution in [3.05, 3.63) is 5.21 Å². The summed E-state index contributed by atoms with van der Waals surface area (Å²) in [7, 11) is 1.59. The summed E-state index contributed by atoms with van der Waals surface area (Å²) in [5.74, 6) is 0. The maximum Gasteiger partial charge on any atom is -0.0141 e. The van der Waals surface area contributed by atoms with Crippen LogP contribution < -0.4 is 0 Å². The summed E-state index contributed by atoms with van der Waals surface area (Å²) in [5.41, 5.74) is 0.374. The van der Waals surface area contributed by atoms with Gasteiger partial charge < -0.3 is 10.3 Å². The topological polar surface area (TPSA) is 26.3 Å². The van der Waals surface area contributed by atoms with E-state index in [0.717, 1.165) is 24.3 Å². The fourth-order valence-electron chi connectivity index (χ4n) is 1.03. The SMILES string of the molecule is CCC(C)(CC)CCN(C)[O-]. The molecule has 0 unspecified atom stereocenters. The van der Waals surface area contributed by atoms with E-state index in [0.29, 0.717) is 12.0 Å². The van der Waals surface area contributed by atoms with Crippen LogP contribution in [0.1, 0.15) is 40.0 Å². The minimum atomic E-state index is 0.374. The van der Waals surface area contributed by atoms with Crippen molar-refractivity contribution in [2.45, 2.75) is 40.0 Å². The molecular formula is C9H20NO-. The predicted octanol–water partition coefficient (Wildman–Crippen LogP) is 2.63. The van der Waals surface area contributed by atoms with Crippen LogP contribution in [0.4, 0.5) is 0 Å². The van der Waals surface area contributed by atoms with Crippen molar-refractivity contribution in [3.8, 4) is 0 Å². The molecule has 0 aliphatic rings. The van der Waals surface area contributed by atoms with Crippen molar-refractivity contribution >= 4 is 0 Å². The normalized spacial score (nSPS) is 12.5. The van der Waals surface area contributed by atoms with Gasteiger partial charge in [-0.3, -0.25) is 0 Å². The number of hydroxylamine groups is 2. The average Bonchev–Trinajstić information content (AvgIpc) is 2.00. The van der Waals surface area contributed by atoms with E-state index in [1.165, 1.54) is 0 Å². The second kappa shape index (κ2) is 4.73. The molecule has 11 heavy (non-hydrogen) atoms. The molecule has 0 saturated heterocycles. The van der Waals surface area contributed by atoms with Gasteiger partial charge in [0.05, 0.1) is 0 Å². The highest BCUT2D eigenvalue weighted by atomic mass is 16.5. The number of hydrogen-bond donors (Lipinski definition) is 0. The molecule has 0 aliphatic carbocycles. The molecule has 2 nitrogen and oxygen atoms in total. The first kappa shape index (κ1) is 10.9. The van der Waals surface area contributed by atoms with Crippen LogP contribution in [0.3, 0.4) is 0 Å². The molecule has 0 rings (SSSR count). The van der Waals surface area contributed by atoms with Crippen LogP contribution in [0, 0.1) is 10.6 Å². The minimum Gasteiger partial charge on any atom is -0.785 e. The van der Waals surface area contributed by atoms with Crippen molar-refractivity contribution in [3.63, 3.8) is 0 Å². The van der Waals surface area contributed by atoms with Gasteiger partial charge in [0.2, 0.25) is 0 Å². The molecular weight excluding hydrogens is 138 g/mol. The molecule has 0 aromatic carbocycles. The third-order valence-electron chi connectivity index (χ3n) is 2.74. The van der Waals surface area contributed by atoms with Crippen molar-refractivity contribution in [1.82, 2.24) is 5.06 Å². The molecule has 0 bridgehead atoms. The van der Waals surface area contributed by atoms with Crippen LogP contribution in [0.2, 0.25) is 0 Å². The average molecular weight is 158 g/mol. The van der Waals surface area contributed by atoms with Crippen molar-refractivity contribution in [2.75, 3.05) is 13.6 Å².